The van der Waals surface area contributed by atoms with Crippen molar-refractivity contribution in [2.24, 2.45) is 5.92 Å². The Labute approximate surface area is 115 Å². The molecule has 1 aromatic rings. The van der Waals surface area contributed by atoms with Crippen LogP contribution < -0.4 is 0 Å². The van der Waals surface area contributed by atoms with Gasteiger partial charge in [-0.05, 0) is 43.7 Å². The highest BCUT2D eigenvalue weighted by Gasteiger charge is 2.48. The van der Waals surface area contributed by atoms with E-state index in [-0.39, 0.29) is 5.41 Å². The van der Waals surface area contributed by atoms with Gasteiger partial charge in [0, 0.05) is 18.3 Å². The highest BCUT2D eigenvalue weighted by Crippen LogP contribution is 2.46. The van der Waals surface area contributed by atoms with Crippen LogP contribution in [0.5, 0.6) is 0 Å². The van der Waals surface area contributed by atoms with Crippen molar-refractivity contribution in [2.75, 3.05) is 13.2 Å². The van der Waals surface area contributed by atoms with Crippen molar-refractivity contribution in [3.63, 3.8) is 0 Å². The summed E-state index contributed by atoms with van der Waals surface area (Å²) >= 11 is 0. The molecule has 2 nitrogen and oxygen atoms in total. The Morgan fingerprint density at radius 3 is 2.42 bits per heavy atom. The molecular formula is C17H22O2. The minimum absolute atomic E-state index is 0.177. The number of carbonyl (C=O) groups is 1. The first-order chi connectivity index (χ1) is 9.12. The Hall–Kier alpha value is -1.15. The minimum Gasteiger partial charge on any atom is -0.379 e. The molecule has 0 N–H and O–H groups in total. The van der Waals surface area contributed by atoms with Crippen LogP contribution in [0.3, 0.4) is 0 Å². The molecule has 0 radical (unpaired) electrons. The van der Waals surface area contributed by atoms with Crippen molar-refractivity contribution in [1.82, 2.24) is 0 Å². The van der Waals surface area contributed by atoms with Gasteiger partial charge in [-0.15, -0.1) is 0 Å². The molecule has 102 valence electrons. The van der Waals surface area contributed by atoms with Crippen LogP contribution in [0, 0.1) is 19.8 Å². The number of ether oxygens (including phenoxy) is 1. The molecule has 1 aromatic carbocycles. The Bertz CT molecular complexity index is 490. The van der Waals surface area contributed by atoms with Gasteiger partial charge >= 0.3 is 0 Å². The summed E-state index contributed by atoms with van der Waals surface area (Å²) in [5.41, 5.74) is 4.32. The zero-order chi connectivity index (χ0) is 13.5. The van der Waals surface area contributed by atoms with Crippen LogP contribution >= 0.6 is 0 Å². The van der Waals surface area contributed by atoms with Crippen LogP contribution in [0.25, 0.3) is 0 Å². The van der Waals surface area contributed by atoms with E-state index < -0.39 is 0 Å². The molecule has 2 fully saturated rings. The number of Topliss-reactive ketones (excluding diaryl/α,β-unsaturated/α-hetero) is 1. The fraction of sp³-hybridized carbons (Fsp3) is 0.588. The zero-order valence-corrected chi connectivity index (χ0v) is 11.9. The van der Waals surface area contributed by atoms with E-state index in [4.69, 9.17) is 4.74 Å². The van der Waals surface area contributed by atoms with E-state index in [2.05, 4.69) is 32.0 Å². The van der Waals surface area contributed by atoms with Crippen molar-refractivity contribution in [3.8, 4) is 0 Å². The molecule has 19 heavy (non-hydrogen) atoms. The second-order valence-electron chi connectivity index (χ2n) is 6.28. The average Bonchev–Trinajstić information content (AvgIpc) is 2.34. The normalized spacial score (nSPS) is 23.2. The molecule has 2 aliphatic rings. The third kappa shape index (κ3) is 2.12. The van der Waals surface area contributed by atoms with Gasteiger partial charge in [0.15, 0.2) is 0 Å². The van der Waals surface area contributed by atoms with E-state index in [0.717, 1.165) is 38.9 Å². The van der Waals surface area contributed by atoms with Gasteiger partial charge in [0.2, 0.25) is 0 Å². The molecule has 0 spiro atoms. The van der Waals surface area contributed by atoms with Crippen molar-refractivity contribution >= 4 is 5.78 Å². The lowest BCUT2D eigenvalue weighted by atomic mass is 9.62. The van der Waals surface area contributed by atoms with Crippen LogP contribution in [0.1, 0.15) is 42.4 Å². The van der Waals surface area contributed by atoms with Crippen LogP contribution in [0.4, 0.5) is 0 Å². The molecule has 0 aromatic heterocycles. The summed E-state index contributed by atoms with van der Waals surface area (Å²) in [6, 6.07) is 6.73. The predicted molar refractivity (Wildman–Crippen MR) is 75.4 cm³/mol. The van der Waals surface area contributed by atoms with Gasteiger partial charge in [-0.2, -0.15) is 0 Å². The smallest absolute Gasteiger partial charge is 0.132 e. The lowest BCUT2D eigenvalue weighted by Gasteiger charge is -2.49. The predicted octanol–water partition coefficient (Wildman–Crippen LogP) is 3.33. The van der Waals surface area contributed by atoms with Gasteiger partial charge in [0.05, 0.1) is 13.2 Å². The third-order valence-corrected chi connectivity index (χ3v) is 4.97. The van der Waals surface area contributed by atoms with Gasteiger partial charge in [-0.1, -0.05) is 23.8 Å². The van der Waals surface area contributed by atoms with E-state index >= 15 is 0 Å². The maximum absolute atomic E-state index is 11.5. The first-order valence-electron chi connectivity index (χ1n) is 7.29. The van der Waals surface area contributed by atoms with Crippen LogP contribution in [-0.2, 0) is 14.9 Å². The van der Waals surface area contributed by atoms with Crippen molar-refractivity contribution in [3.05, 3.63) is 34.9 Å². The van der Waals surface area contributed by atoms with Gasteiger partial charge in [-0.3, -0.25) is 4.79 Å². The molecule has 1 aliphatic heterocycles. The first kappa shape index (κ1) is 12.9. The summed E-state index contributed by atoms with van der Waals surface area (Å²) in [5.74, 6) is 1.05. The number of benzene rings is 1. The lowest BCUT2D eigenvalue weighted by molar-refractivity contribution is -0.127. The highest BCUT2D eigenvalue weighted by atomic mass is 16.5. The minimum atomic E-state index is 0.177. The summed E-state index contributed by atoms with van der Waals surface area (Å²) < 4.78 is 5.58. The molecule has 0 atom stereocenters. The van der Waals surface area contributed by atoms with Gasteiger partial charge in [0.1, 0.15) is 5.78 Å². The van der Waals surface area contributed by atoms with Crippen LogP contribution in [0.2, 0.25) is 0 Å². The quantitative estimate of drug-likeness (QED) is 0.813. The zero-order valence-electron chi connectivity index (χ0n) is 11.9. The molecule has 2 heteroatoms. The number of ketones is 1. The van der Waals surface area contributed by atoms with E-state index in [1.807, 2.05) is 0 Å². The maximum Gasteiger partial charge on any atom is 0.132 e. The van der Waals surface area contributed by atoms with E-state index in [1.165, 1.54) is 16.7 Å². The summed E-state index contributed by atoms with van der Waals surface area (Å²) in [6.45, 7) is 6.01. The molecule has 0 unspecified atom stereocenters. The average molecular weight is 258 g/mol. The van der Waals surface area contributed by atoms with Gasteiger partial charge < -0.3 is 4.74 Å². The van der Waals surface area contributed by atoms with Crippen LogP contribution in [0.15, 0.2) is 18.2 Å². The molecule has 0 amide bonds. The first-order valence-corrected chi connectivity index (χ1v) is 7.29. The number of aryl methyl sites for hydroxylation is 2. The fourth-order valence-corrected chi connectivity index (χ4v) is 3.70. The van der Waals surface area contributed by atoms with Crippen molar-refractivity contribution in [2.45, 2.75) is 44.9 Å². The van der Waals surface area contributed by atoms with E-state index in [1.54, 1.807) is 0 Å². The Balaban J connectivity index is 1.94. The summed E-state index contributed by atoms with van der Waals surface area (Å²) in [7, 11) is 0. The van der Waals surface area contributed by atoms with Gasteiger partial charge in [-0.25, -0.2) is 0 Å². The topological polar surface area (TPSA) is 26.3 Å². The van der Waals surface area contributed by atoms with Crippen molar-refractivity contribution < 1.29 is 9.53 Å². The molecule has 0 bridgehead atoms. The maximum atomic E-state index is 11.5. The number of hydrogen-bond acceptors (Lipinski definition) is 2. The molecule has 1 heterocycles. The molecule has 1 aliphatic carbocycles. The highest BCUT2D eigenvalue weighted by molar-refractivity contribution is 5.79. The standard InChI is InChI=1S/C17H22O2/c1-12-3-4-13(2)16(9-12)17(10-19-11-17)14-5-7-15(18)8-6-14/h3-4,9,14H,5-8,10-11H2,1-2H3. The SMILES string of the molecule is Cc1ccc(C)c(C2(C3CCC(=O)CC3)COC2)c1. The second kappa shape index (κ2) is 4.75. The monoisotopic (exact) mass is 258 g/mol. The Morgan fingerprint density at radius 2 is 1.84 bits per heavy atom. The number of rotatable bonds is 2. The summed E-state index contributed by atoms with van der Waals surface area (Å²) in [5, 5.41) is 0. The molecule has 3 rings (SSSR count). The van der Waals surface area contributed by atoms with Crippen molar-refractivity contribution in [1.29, 1.82) is 0 Å². The third-order valence-electron chi connectivity index (χ3n) is 4.97. The molecule has 1 saturated carbocycles. The Morgan fingerprint density at radius 1 is 1.16 bits per heavy atom. The Kier molecular flexibility index (Phi) is 3.22. The number of hydrogen-bond donors (Lipinski definition) is 0. The molecular weight excluding hydrogens is 236 g/mol. The van der Waals surface area contributed by atoms with E-state index in [0.29, 0.717) is 11.7 Å². The molecule has 1 saturated heterocycles. The van der Waals surface area contributed by atoms with Gasteiger partial charge in [0.25, 0.3) is 0 Å². The number of carbonyl (C=O) groups excluding carboxylic acids is 1. The van der Waals surface area contributed by atoms with E-state index in [9.17, 15) is 4.79 Å². The summed E-state index contributed by atoms with van der Waals surface area (Å²) in [4.78, 5) is 11.5. The summed E-state index contributed by atoms with van der Waals surface area (Å²) in [6.07, 6.45) is 3.60. The fourth-order valence-electron chi connectivity index (χ4n) is 3.70. The second-order valence-corrected chi connectivity index (χ2v) is 6.28. The lowest BCUT2D eigenvalue weighted by Crippen LogP contribution is -2.53. The largest absolute Gasteiger partial charge is 0.379 e. The van der Waals surface area contributed by atoms with Crippen LogP contribution in [-0.4, -0.2) is 19.0 Å².